The van der Waals surface area contributed by atoms with Gasteiger partial charge >= 0.3 is 0 Å². The Morgan fingerprint density at radius 2 is 1.41 bits per heavy atom. The molecule has 1 heterocycles. The molecule has 0 aromatic carbocycles. The molecule has 0 saturated carbocycles. The van der Waals surface area contributed by atoms with E-state index in [1.54, 1.807) is 0 Å². The molecule has 4 atom stereocenters. The zero-order chi connectivity index (χ0) is 21.2. The Hall–Kier alpha value is -0.460. The van der Waals surface area contributed by atoms with Crippen LogP contribution in [0.1, 0.15) is 96.8 Å². The van der Waals surface area contributed by atoms with Crippen LogP contribution in [-0.2, 0) is 9.47 Å². The summed E-state index contributed by atoms with van der Waals surface area (Å²) in [4.78, 5) is 0. The molecule has 5 nitrogen and oxygen atoms in total. The van der Waals surface area contributed by atoms with Crippen molar-refractivity contribution in [2.45, 2.75) is 121 Å². The van der Waals surface area contributed by atoms with E-state index in [1.807, 2.05) is 0 Å². The molecule has 0 aliphatic carbocycles. The average Bonchev–Trinajstić information content (AvgIpc) is 3.05. The molecular weight excluding hydrogens is 368 g/mol. The number of unbranched alkanes of at least 4 members (excludes halogenated alkanes) is 12. The number of allylic oxidation sites excluding steroid dienone is 2. The van der Waals surface area contributed by atoms with Crippen molar-refractivity contribution in [1.82, 2.24) is 0 Å². The van der Waals surface area contributed by atoms with Crippen LogP contribution >= 0.6 is 0 Å². The van der Waals surface area contributed by atoms with Gasteiger partial charge in [0, 0.05) is 6.61 Å². The van der Waals surface area contributed by atoms with E-state index in [2.05, 4.69) is 19.1 Å². The van der Waals surface area contributed by atoms with Gasteiger partial charge in [-0.3, -0.25) is 0 Å². The summed E-state index contributed by atoms with van der Waals surface area (Å²) >= 11 is 0. The van der Waals surface area contributed by atoms with Gasteiger partial charge in [-0.2, -0.15) is 0 Å². The minimum atomic E-state index is -1.03. The maximum atomic E-state index is 9.94. The van der Waals surface area contributed by atoms with E-state index in [9.17, 15) is 15.3 Å². The predicted molar refractivity (Wildman–Crippen MR) is 118 cm³/mol. The lowest BCUT2D eigenvalue weighted by molar-refractivity contribution is -0.0813. The molecular formula is C24H46O5. The molecule has 1 rings (SSSR count). The highest BCUT2D eigenvalue weighted by molar-refractivity contribution is 4.87. The summed E-state index contributed by atoms with van der Waals surface area (Å²) in [5.74, 6) is 0. The van der Waals surface area contributed by atoms with Crippen LogP contribution in [0.5, 0.6) is 0 Å². The van der Waals surface area contributed by atoms with Crippen molar-refractivity contribution in [3.05, 3.63) is 12.2 Å². The van der Waals surface area contributed by atoms with Crippen molar-refractivity contribution in [3.63, 3.8) is 0 Å². The third-order valence-corrected chi connectivity index (χ3v) is 5.66. The highest BCUT2D eigenvalue weighted by Gasteiger charge is 2.39. The van der Waals surface area contributed by atoms with Gasteiger partial charge in [-0.15, -0.1) is 0 Å². The van der Waals surface area contributed by atoms with Gasteiger partial charge in [0.05, 0.1) is 13.2 Å². The van der Waals surface area contributed by atoms with Crippen molar-refractivity contribution < 1.29 is 24.8 Å². The molecule has 29 heavy (non-hydrogen) atoms. The van der Waals surface area contributed by atoms with Gasteiger partial charge in [-0.25, -0.2) is 0 Å². The minimum absolute atomic E-state index is 0.0667. The molecule has 1 fully saturated rings. The molecule has 0 unspecified atom stereocenters. The first kappa shape index (κ1) is 26.6. The fourth-order valence-electron chi connectivity index (χ4n) is 3.72. The number of rotatable bonds is 19. The van der Waals surface area contributed by atoms with Crippen molar-refractivity contribution in [2.24, 2.45) is 0 Å². The van der Waals surface area contributed by atoms with Crippen LogP contribution in [-0.4, -0.2) is 59.6 Å². The average molecular weight is 415 g/mol. The molecule has 1 aliphatic rings. The predicted octanol–water partition coefficient (Wildman–Crippen LogP) is 4.52. The van der Waals surface area contributed by atoms with Crippen LogP contribution in [0.15, 0.2) is 12.2 Å². The summed E-state index contributed by atoms with van der Waals surface area (Å²) in [6.45, 7) is 3.08. The van der Waals surface area contributed by atoms with Gasteiger partial charge in [0.15, 0.2) is 0 Å². The topological polar surface area (TPSA) is 79.2 Å². The first-order valence-electron chi connectivity index (χ1n) is 12.0. The van der Waals surface area contributed by atoms with Crippen LogP contribution in [0.25, 0.3) is 0 Å². The summed E-state index contributed by atoms with van der Waals surface area (Å²) < 4.78 is 10.7. The zero-order valence-electron chi connectivity index (χ0n) is 18.6. The van der Waals surface area contributed by atoms with Crippen LogP contribution in [0.3, 0.4) is 0 Å². The van der Waals surface area contributed by atoms with Gasteiger partial charge in [-0.1, -0.05) is 76.9 Å². The fraction of sp³-hybridized carbons (Fsp3) is 0.917. The molecule has 172 valence electrons. The van der Waals surface area contributed by atoms with E-state index in [1.165, 1.54) is 77.0 Å². The van der Waals surface area contributed by atoms with Gasteiger partial charge < -0.3 is 24.8 Å². The van der Waals surface area contributed by atoms with E-state index in [0.29, 0.717) is 6.61 Å². The number of aliphatic hydroxyl groups excluding tert-OH is 3. The molecule has 5 heteroatoms. The summed E-state index contributed by atoms with van der Waals surface area (Å²) in [5.41, 5.74) is 0. The molecule has 0 radical (unpaired) electrons. The Bertz CT molecular complexity index is 387. The van der Waals surface area contributed by atoms with Gasteiger partial charge in [-0.05, 0) is 32.1 Å². The van der Waals surface area contributed by atoms with E-state index < -0.39 is 24.4 Å². The standard InChI is InChI=1S/C24H46O5/c1-2-3-4-5-6-7-8-9-10-11-12-13-14-15-16-17-18-28-19-22(26)24-23(27)21(25)20-29-24/h10-11,21-27H,2-9,12-20H2,1H3/b11-10+/t21-,22+,23+,24+/m0/s1. The van der Waals surface area contributed by atoms with E-state index in [0.717, 1.165) is 12.8 Å². The van der Waals surface area contributed by atoms with E-state index >= 15 is 0 Å². The third kappa shape index (κ3) is 13.5. The Balaban J connectivity index is 1.79. The highest BCUT2D eigenvalue weighted by Crippen LogP contribution is 2.18. The number of ether oxygens (including phenoxy) is 2. The molecule has 0 amide bonds. The monoisotopic (exact) mass is 414 g/mol. The van der Waals surface area contributed by atoms with Gasteiger partial charge in [0.25, 0.3) is 0 Å². The molecule has 0 aromatic heterocycles. The van der Waals surface area contributed by atoms with E-state index in [4.69, 9.17) is 9.47 Å². The van der Waals surface area contributed by atoms with Crippen molar-refractivity contribution in [1.29, 1.82) is 0 Å². The minimum Gasteiger partial charge on any atom is -0.388 e. The lowest BCUT2D eigenvalue weighted by Gasteiger charge is -2.20. The first-order valence-corrected chi connectivity index (χ1v) is 12.0. The second-order valence-corrected chi connectivity index (χ2v) is 8.44. The molecule has 0 spiro atoms. The summed E-state index contributed by atoms with van der Waals surface area (Å²) in [6.07, 6.45) is 19.0. The normalized spacial score (nSPS) is 23.2. The largest absolute Gasteiger partial charge is 0.388 e. The maximum absolute atomic E-state index is 9.94. The summed E-state index contributed by atoms with van der Waals surface area (Å²) in [7, 11) is 0. The SMILES string of the molecule is CCCCCCCCC/C=C/CCCCCCCOC[C@@H](O)[C@H]1OC[C@H](O)[C@H]1O. The zero-order valence-corrected chi connectivity index (χ0v) is 18.6. The van der Waals surface area contributed by atoms with Crippen LogP contribution < -0.4 is 0 Å². The molecule has 0 bridgehead atoms. The smallest absolute Gasteiger partial charge is 0.114 e. The first-order chi connectivity index (χ1) is 14.2. The van der Waals surface area contributed by atoms with Crippen LogP contribution in [0.2, 0.25) is 0 Å². The van der Waals surface area contributed by atoms with Crippen LogP contribution in [0, 0.1) is 0 Å². The summed E-state index contributed by atoms with van der Waals surface area (Å²) in [6, 6.07) is 0. The number of aliphatic hydroxyl groups is 3. The number of hydrogen-bond donors (Lipinski definition) is 3. The highest BCUT2D eigenvalue weighted by atomic mass is 16.5. The van der Waals surface area contributed by atoms with Crippen molar-refractivity contribution in [3.8, 4) is 0 Å². The number of hydrogen-bond acceptors (Lipinski definition) is 5. The Morgan fingerprint density at radius 1 is 0.862 bits per heavy atom. The van der Waals surface area contributed by atoms with Gasteiger partial charge in [0.1, 0.15) is 24.4 Å². The molecule has 3 N–H and O–H groups in total. The molecule has 1 saturated heterocycles. The van der Waals surface area contributed by atoms with Crippen LogP contribution in [0.4, 0.5) is 0 Å². The third-order valence-electron chi connectivity index (χ3n) is 5.66. The molecule has 1 aliphatic heterocycles. The second kappa shape index (κ2) is 18.3. The summed E-state index contributed by atoms with van der Waals surface area (Å²) in [5, 5.41) is 29.0. The Kier molecular flexibility index (Phi) is 16.8. The lowest BCUT2D eigenvalue weighted by Crippen LogP contribution is -2.40. The molecule has 0 aromatic rings. The van der Waals surface area contributed by atoms with Crippen molar-refractivity contribution in [2.75, 3.05) is 19.8 Å². The van der Waals surface area contributed by atoms with Crippen molar-refractivity contribution >= 4 is 0 Å². The lowest BCUT2D eigenvalue weighted by atomic mass is 10.1. The fourth-order valence-corrected chi connectivity index (χ4v) is 3.72. The quantitative estimate of drug-likeness (QED) is 0.214. The van der Waals surface area contributed by atoms with Gasteiger partial charge in [0.2, 0.25) is 0 Å². The van der Waals surface area contributed by atoms with E-state index in [-0.39, 0.29) is 13.2 Å². The Morgan fingerprint density at radius 3 is 1.97 bits per heavy atom. The maximum Gasteiger partial charge on any atom is 0.114 e. The second-order valence-electron chi connectivity index (χ2n) is 8.44. The Labute approximate surface area is 178 Å².